The predicted octanol–water partition coefficient (Wildman–Crippen LogP) is 3.85. The number of hydrogen-bond acceptors (Lipinski definition) is 2. The number of benzene rings is 1. The maximum Gasteiger partial charge on any atom is 0.159 e. The van der Waals surface area contributed by atoms with Gasteiger partial charge < -0.3 is 0 Å². The summed E-state index contributed by atoms with van der Waals surface area (Å²) < 4.78 is 26.2. The molecule has 0 atom stereocenters. The summed E-state index contributed by atoms with van der Waals surface area (Å²) in [7, 11) is 0. The zero-order valence-electron chi connectivity index (χ0n) is 6.80. The summed E-state index contributed by atoms with van der Waals surface area (Å²) in [5.41, 5.74) is 0.632. The van der Waals surface area contributed by atoms with E-state index in [2.05, 4.69) is 20.9 Å². The summed E-state index contributed by atoms with van der Waals surface area (Å²) in [6, 6.07) is 3.80. The summed E-state index contributed by atoms with van der Waals surface area (Å²) in [6.45, 7) is 0. The molecule has 5 heteroatoms. The zero-order valence-corrected chi connectivity index (χ0v) is 9.20. The van der Waals surface area contributed by atoms with Crippen LogP contribution in [-0.2, 0) is 0 Å². The van der Waals surface area contributed by atoms with Crippen molar-refractivity contribution in [2.45, 2.75) is 0 Å². The highest BCUT2D eigenvalue weighted by Crippen LogP contribution is 2.29. The monoisotopic (exact) mass is 275 g/mol. The molecule has 0 radical (unpaired) electrons. The number of thiazole rings is 1. The van der Waals surface area contributed by atoms with E-state index in [1.807, 2.05) is 0 Å². The lowest BCUT2D eigenvalue weighted by atomic mass is 10.2. The van der Waals surface area contributed by atoms with Crippen molar-refractivity contribution in [2.75, 3.05) is 0 Å². The normalized spacial score (nSPS) is 10.5. The van der Waals surface area contributed by atoms with Crippen LogP contribution in [0.2, 0.25) is 0 Å². The van der Waals surface area contributed by atoms with Gasteiger partial charge in [-0.05, 0) is 33.6 Å². The summed E-state index contributed by atoms with van der Waals surface area (Å²) in [5, 5.41) is 0. The molecule has 0 N–H and O–H groups in total. The lowest BCUT2D eigenvalue weighted by Gasteiger charge is -1.96. The highest BCUT2D eigenvalue weighted by atomic mass is 79.9. The van der Waals surface area contributed by atoms with Crippen molar-refractivity contribution in [1.29, 1.82) is 0 Å². The number of rotatable bonds is 1. The fraction of sp³-hybridized carbons (Fsp3) is 0. The molecule has 0 amide bonds. The van der Waals surface area contributed by atoms with Gasteiger partial charge in [0.2, 0.25) is 0 Å². The summed E-state index contributed by atoms with van der Waals surface area (Å²) >= 11 is 4.57. The first-order chi connectivity index (χ1) is 6.66. The molecule has 2 aromatic rings. The van der Waals surface area contributed by atoms with Crippen molar-refractivity contribution in [3.05, 3.63) is 39.9 Å². The van der Waals surface area contributed by atoms with Crippen LogP contribution in [0.1, 0.15) is 0 Å². The minimum absolute atomic E-state index is 0.632. The maximum atomic E-state index is 12.9. The topological polar surface area (TPSA) is 12.9 Å². The highest BCUT2D eigenvalue weighted by Gasteiger charge is 2.06. The second-order valence-electron chi connectivity index (χ2n) is 2.61. The quantitative estimate of drug-likeness (QED) is 0.771. The fourth-order valence-electron chi connectivity index (χ4n) is 1.04. The smallest absolute Gasteiger partial charge is 0.159 e. The minimum atomic E-state index is -0.841. The molecule has 0 saturated heterocycles. The van der Waals surface area contributed by atoms with Crippen LogP contribution < -0.4 is 0 Å². The van der Waals surface area contributed by atoms with E-state index in [9.17, 15) is 8.78 Å². The van der Waals surface area contributed by atoms with Crippen LogP contribution in [0.3, 0.4) is 0 Å². The van der Waals surface area contributed by atoms with Gasteiger partial charge in [0.25, 0.3) is 0 Å². The molecule has 0 aliphatic rings. The van der Waals surface area contributed by atoms with Gasteiger partial charge in [0.05, 0.1) is 4.88 Å². The molecule has 1 nitrogen and oxygen atoms in total. The molecule has 1 heterocycles. The third kappa shape index (κ3) is 1.83. The van der Waals surface area contributed by atoms with Gasteiger partial charge in [-0.2, -0.15) is 0 Å². The van der Waals surface area contributed by atoms with E-state index in [-0.39, 0.29) is 0 Å². The Morgan fingerprint density at radius 2 is 2.00 bits per heavy atom. The highest BCUT2D eigenvalue weighted by molar-refractivity contribution is 9.11. The van der Waals surface area contributed by atoms with E-state index < -0.39 is 11.6 Å². The van der Waals surface area contributed by atoms with E-state index in [4.69, 9.17) is 0 Å². The van der Waals surface area contributed by atoms with Crippen molar-refractivity contribution >= 4 is 27.3 Å². The van der Waals surface area contributed by atoms with Crippen molar-refractivity contribution in [2.24, 2.45) is 0 Å². The second kappa shape index (κ2) is 3.74. The molecule has 0 fully saturated rings. The zero-order chi connectivity index (χ0) is 10.1. The minimum Gasteiger partial charge on any atom is -0.237 e. The van der Waals surface area contributed by atoms with Gasteiger partial charge >= 0.3 is 0 Å². The molecular formula is C9H4BrF2NS. The Bertz CT molecular complexity index is 470. The number of hydrogen-bond donors (Lipinski definition) is 0. The van der Waals surface area contributed by atoms with E-state index in [1.165, 1.54) is 17.4 Å². The molecule has 0 bridgehead atoms. The summed E-state index contributed by atoms with van der Waals surface area (Å²) in [6.07, 6.45) is 1.61. The van der Waals surface area contributed by atoms with Crippen LogP contribution in [0.25, 0.3) is 10.4 Å². The summed E-state index contributed by atoms with van der Waals surface area (Å²) in [4.78, 5) is 4.77. The number of aromatic nitrogens is 1. The summed E-state index contributed by atoms with van der Waals surface area (Å²) in [5.74, 6) is -1.68. The lowest BCUT2D eigenvalue weighted by Crippen LogP contribution is -1.83. The van der Waals surface area contributed by atoms with Crippen LogP contribution in [0.5, 0.6) is 0 Å². The van der Waals surface area contributed by atoms with Gasteiger partial charge in [0, 0.05) is 6.20 Å². The largest absolute Gasteiger partial charge is 0.237 e. The van der Waals surface area contributed by atoms with Crippen molar-refractivity contribution < 1.29 is 8.78 Å². The Balaban J connectivity index is 2.47. The molecule has 0 aliphatic carbocycles. The van der Waals surface area contributed by atoms with Crippen molar-refractivity contribution in [1.82, 2.24) is 4.98 Å². The molecular weight excluding hydrogens is 272 g/mol. The van der Waals surface area contributed by atoms with E-state index in [0.29, 0.717) is 5.56 Å². The van der Waals surface area contributed by atoms with Crippen LogP contribution in [0.15, 0.2) is 28.3 Å². The lowest BCUT2D eigenvalue weighted by molar-refractivity contribution is 0.509. The first-order valence-corrected chi connectivity index (χ1v) is 5.34. The number of halogens is 3. The fourth-order valence-corrected chi connectivity index (χ4v) is 2.30. The van der Waals surface area contributed by atoms with Gasteiger partial charge in [0.1, 0.15) is 0 Å². The first kappa shape index (κ1) is 9.73. The van der Waals surface area contributed by atoms with Crippen LogP contribution >= 0.6 is 27.3 Å². The average molecular weight is 276 g/mol. The Labute approximate surface area is 91.5 Å². The third-order valence-corrected chi connectivity index (χ3v) is 3.21. The van der Waals surface area contributed by atoms with E-state index in [0.717, 1.165) is 20.9 Å². The van der Waals surface area contributed by atoms with Gasteiger partial charge in [-0.25, -0.2) is 13.8 Å². The number of nitrogens with zero attached hydrogens (tertiary/aromatic N) is 1. The van der Waals surface area contributed by atoms with E-state index in [1.54, 1.807) is 6.20 Å². The van der Waals surface area contributed by atoms with Crippen LogP contribution in [-0.4, -0.2) is 4.98 Å². The molecule has 72 valence electrons. The molecule has 0 unspecified atom stereocenters. The van der Waals surface area contributed by atoms with E-state index >= 15 is 0 Å². The van der Waals surface area contributed by atoms with Crippen LogP contribution in [0, 0.1) is 11.6 Å². The van der Waals surface area contributed by atoms with Gasteiger partial charge in [-0.3, -0.25) is 0 Å². The standard InChI is InChI=1S/C9H4BrF2NS/c10-9-13-4-8(14-9)5-1-2-6(11)7(12)3-5/h1-4H. The molecule has 0 saturated carbocycles. The maximum absolute atomic E-state index is 12.9. The van der Waals surface area contributed by atoms with Crippen LogP contribution in [0.4, 0.5) is 8.78 Å². The second-order valence-corrected chi connectivity index (χ2v) is 4.91. The Morgan fingerprint density at radius 1 is 1.21 bits per heavy atom. The third-order valence-electron chi connectivity index (χ3n) is 1.68. The van der Waals surface area contributed by atoms with Crippen molar-refractivity contribution in [3.8, 4) is 10.4 Å². The Morgan fingerprint density at radius 3 is 2.57 bits per heavy atom. The van der Waals surface area contributed by atoms with Crippen molar-refractivity contribution in [3.63, 3.8) is 0 Å². The SMILES string of the molecule is Fc1ccc(-c2cnc(Br)s2)cc1F. The van der Waals surface area contributed by atoms with Gasteiger partial charge in [-0.1, -0.05) is 6.07 Å². The van der Waals surface area contributed by atoms with Gasteiger partial charge in [0.15, 0.2) is 15.6 Å². The molecule has 14 heavy (non-hydrogen) atoms. The average Bonchev–Trinajstić information content (AvgIpc) is 2.57. The van der Waals surface area contributed by atoms with Gasteiger partial charge in [-0.15, -0.1) is 11.3 Å². The molecule has 1 aromatic carbocycles. The Hall–Kier alpha value is -0.810. The molecule has 2 rings (SSSR count). The predicted molar refractivity (Wildman–Crippen MR) is 55.2 cm³/mol. The molecule has 0 aliphatic heterocycles. The first-order valence-electron chi connectivity index (χ1n) is 3.73. The molecule has 1 aromatic heterocycles. The molecule has 0 spiro atoms. The Kier molecular flexibility index (Phi) is 2.60.